The summed E-state index contributed by atoms with van der Waals surface area (Å²) in [5, 5.41) is 0. The zero-order valence-corrected chi connectivity index (χ0v) is 17.7. The molecule has 5 nitrogen and oxygen atoms in total. The Balaban J connectivity index is 1.55. The van der Waals surface area contributed by atoms with Crippen LogP contribution < -0.4 is 14.2 Å². The molecule has 0 fully saturated rings. The topological polar surface area (TPSA) is 53.7 Å². The van der Waals surface area contributed by atoms with Crippen LogP contribution in [-0.4, -0.2) is 26.3 Å². The third-order valence-electron chi connectivity index (χ3n) is 4.91. The third-order valence-corrected chi connectivity index (χ3v) is 4.91. The summed E-state index contributed by atoms with van der Waals surface area (Å²) >= 11 is 0. The molecule has 156 valence electrons. The average Bonchev–Trinajstić information content (AvgIpc) is 3.33. The molecule has 3 aromatic carbocycles. The third kappa shape index (κ3) is 4.31. The Labute approximate surface area is 181 Å². The van der Waals surface area contributed by atoms with Gasteiger partial charge in [-0.05, 0) is 29.8 Å². The van der Waals surface area contributed by atoms with Crippen molar-refractivity contribution in [3.8, 4) is 40.0 Å². The van der Waals surface area contributed by atoms with Crippen molar-refractivity contribution in [3.63, 3.8) is 0 Å². The van der Waals surface area contributed by atoms with Crippen LogP contribution in [0.25, 0.3) is 34.9 Å². The minimum atomic E-state index is 0.570. The van der Waals surface area contributed by atoms with Gasteiger partial charge in [0.1, 0.15) is 0 Å². The summed E-state index contributed by atoms with van der Waals surface area (Å²) in [4.78, 5) is 4.42. The van der Waals surface area contributed by atoms with Crippen LogP contribution >= 0.6 is 0 Å². The average molecular weight is 413 g/mol. The van der Waals surface area contributed by atoms with E-state index in [0.717, 1.165) is 28.0 Å². The van der Waals surface area contributed by atoms with E-state index in [0.29, 0.717) is 23.1 Å². The highest BCUT2D eigenvalue weighted by molar-refractivity contribution is 5.76. The van der Waals surface area contributed by atoms with Crippen molar-refractivity contribution in [1.82, 2.24) is 4.98 Å². The van der Waals surface area contributed by atoms with Gasteiger partial charge in [-0.25, -0.2) is 4.98 Å². The molecule has 31 heavy (non-hydrogen) atoms. The number of hydrogen-bond acceptors (Lipinski definition) is 5. The van der Waals surface area contributed by atoms with Gasteiger partial charge in [0.05, 0.1) is 27.5 Å². The Kier molecular flexibility index (Phi) is 6.03. The molecular weight excluding hydrogens is 390 g/mol. The molecule has 0 unspecified atom stereocenters. The normalized spacial score (nSPS) is 10.9. The molecule has 0 bridgehead atoms. The maximum Gasteiger partial charge on any atom is 0.226 e. The zero-order valence-electron chi connectivity index (χ0n) is 17.7. The van der Waals surface area contributed by atoms with Crippen LogP contribution in [0.4, 0.5) is 0 Å². The van der Waals surface area contributed by atoms with Gasteiger partial charge in [-0.15, -0.1) is 0 Å². The fraction of sp³-hybridized carbons (Fsp3) is 0.115. The quantitative estimate of drug-likeness (QED) is 0.337. The van der Waals surface area contributed by atoms with Crippen molar-refractivity contribution in [2.24, 2.45) is 0 Å². The van der Waals surface area contributed by atoms with Gasteiger partial charge in [-0.3, -0.25) is 0 Å². The first-order chi connectivity index (χ1) is 15.2. The fourth-order valence-electron chi connectivity index (χ4n) is 3.32. The molecular formula is C26H23NO4. The van der Waals surface area contributed by atoms with E-state index in [2.05, 4.69) is 4.98 Å². The van der Waals surface area contributed by atoms with E-state index in [1.54, 1.807) is 27.5 Å². The maximum absolute atomic E-state index is 5.93. The molecule has 0 amide bonds. The van der Waals surface area contributed by atoms with Gasteiger partial charge in [0, 0.05) is 16.7 Å². The van der Waals surface area contributed by atoms with E-state index in [1.807, 2.05) is 78.9 Å². The lowest BCUT2D eigenvalue weighted by Crippen LogP contribution is -1.96. The van der Waals surface area contributed by atoms with Crippen LogP contribution in [-0.2, 0) is 0 Å². The molecule has 0 atom stereocenters. The Hall–Kier alpha value is -3.99. The molecule has 0 spiro atoms. The van der Waals surface area contributed by atoms with Crippen LogP contribution in [0.5, 0.6) is 17.2 Å². The molecule has 0 aliphatic heterocycles. The highest BCUT2D eigenvalue weighted by atomic mass is 16.5. The number of oxazole rings is 1. The Morgan fingerprint density at radius 2 is 1.45 bits per heavy atom. The minimum absolute atomic E-state index is 0.570. The van der Waals surface area contributed by atoms with E-state index in [9.17, 15) is 0 Å². The van der Waals surface area contributed by atoms with Gasteiger partial charge < -0.3 is 18.6 Å². The minimum Gasteiger partial charge on any atom is -0.493 e. The smallest absolute Gasteiger partial charge is 0.226 e. The number of benzene rings is 3. The van der Waals surface area contributed by atoms with E-state index >= 15 is 0 Å². The van der Waals surface area contributed by atoms with Crippen molar-refractivity contribution >= 4 is 12.2 Å². The van der Waals surface area contributed by atoms with E-state index < -0.39 is 0 Å². The predicted octanol–water partition coefficient (Wildman–Crippen LogP) is 6.20. The second-order valence-electron chi connectivity index (χ2n) is 6.77. The predicted molar refractivity (Wildman–Crippen MR) is 122 cm³/mol. The summed E-state index contributed by atoms with van der Waals surface area (Å²) in [5.41, 5.74) is 3.85. The fourth-order valence-corrected chi connectivity index (χ4v) is 3.32. The second-order valence-corrected chi connectivity index (χ2v) is 6.77. The lowest BCUT2D eigenvalue weighted by Gasteiger charge is -2.14. The number of hydrogen-bond donors (Lipinski definition) is 0. The van der Waals surface area contributed by atoms with Crippen molar-refractivity contribution in [1.29, 1.82) is 0 Å². The van der Waals surface area contributed by atoms with Crippen LogP contribution in [0.1, 0.15) is 11.1 Å². The number of nitrogens with zero attached hydrogens (tertiary/aromatic N) is 1. The zero-order chi connectivity index (χ0) is 21.6. The van der Waals surface area contributed by atoms with Gasteiger partial charge in [0.2, 0.25) is 11.6 Å². The molecule has 4 aromatic rings. The molecule has 0 aliphatic carbocycles. The van der Waals surface area contributed by atoms with Crippen molar-refractivity contribution in [3.05, 3.63) is 84.1 Å². The molecule has 0 saturated heterocycles. The molecule has 0 radical (unpaired) electrons. The summed E-state index contributed by atoms with van der Waals surface area (Å²) in [6, 6.07) is 21.7. The number of methoxy groups -OCH3 is 3. The molecule has 0 aliphatic rings. The van der Waals surface area contributed by atoms with Gasteiger partial charge in [0.25, 0.3) is 0 Å². The first-order valence-corrected chi connectivity index (χ1v) is 9.82. The highest BCUT2D eigenvalue weighted by Gasteiger charge is 2.14. The monoisotopic (exact) mass is 413 g/mol. The molecule has 4 rings (SSSR count). The SMILES string of the molecule is COc1ccc(C=Cc2ccc(-c3ncc(-c4ccccc4)o3)cc2)c(OC)c1OC. The van der Waals surface area contributed by atoms with Crippen LogP contribution in [0.2, 0.25) is 0 Å². The number of rotatable bonds is 7. The molecule has 5 heteroatoms. The molecule has 1 heterocycles. The standard InChI is InChI=1S/C26H23NO4/c1-28-22-16-15-20(24(29-2)25(22)30-3)12-9-18-10-13-21(14-11-18)26-27-17-23(31-26)19-7-5-4-6-8-19/h4-17H,1-3H3. The largest absolute Gasteiger partial charge is 0.493 e. The summed E-state index contributed by atoms with van der Waals surface area (Å²) in [6.45, 7) is 0. The van der Waals surface area contributed by atoms with Gasteiger partial charge in [-0.2, -0.15) is 0 Å². The van der Waals surface area contributed by atoms with E-state index in [-0.39, 0.29) is 0 Å². The Bertz CT molecular complexity index is 1180. The maximum atomic E-state index is 5.93. The molecule has 1 aromatic heterocycles. The van der Waals surface area contributed by atoms with E-state index in [1.165, 1.54) is 0 Å². The van der Waals surface area contributed by atoms with Gasteiger partial charge >= 0.3 is 0 Å². The lowest BCUT2D eigenvalue weighted by atomic mass is 10.1. The Morgan fingerprint density at radius 3 is 2.13 bits per heavy atom. The van der Waals surface area contributed by atoms with Crippen molar-refractivity contribution in [2.45, 2.75) is 0 Å². The van der Waals surface area contributed by atoms with Crippen LogP contribution in [0, 0.1) is 0 Å². The molecule has 0 N–H and O–H groups in total. The first kappa shape index (κ1) is 20.3. The van der Waals surface area contributed by atoms with Crippen molar-refractivity contribution < 1.29 is 18.6 Å². The highest BCUT2D eigenvalue weighted by Crippen LogP contribution is 2.40. The van der Waals surface area contributed by atoms with E-state index in [4.69, 9.17) is 18.6 Å². The van der Waals surface area contributed by atoms with Gasteiger partial charge in [0.15, 0.2) is 17.3 Å². The lowest BCUT2D eigenvalue weighted by molar-refractivity contribution is 0.324. The second kappa shape index (κ2) is 9.22. The first-order valence-electron chi connectivity index (χ1n) is 9.82. The summed E-state index contributed by atoms with van der Waals surface area (Å²) in [7, 11) is 4.81. The number of aromatic nitrogens is 1. The summed E-state index contributed by atoms with van der Waals surface area (Å²) in [6.07, 6.45) is 5.74. The van der Waals surface area contributed by atoms with Crippen LogP contribution in [0.3, 0.4) is 0 Å². The molecule has 0 saturated carbocycles. The Morgan fingerprint density at radius 1 is 0.710 bits per heavy atom. The van der Waals surface area contributed by atoms with Gasteiger partial charge in [-0.1, -0.05) is 54.6 Å². The number of ether oxygens (including phenoxy) is 3. The van der Waals surface area contributed by atoms with Crippen molar-refractivity contribution in [2.75, 3.05) is 21.3 Å². The summed E-state index contributed by atoms with van der Waals surface area (Å²) < 4.78 is 22.3. The summed E-state index contributed by atoms with van der Waals surface area (Å²) in [5.74, 6) is 3.17. The van der Waals surface area contributed by atoms with Crippen LogP contribution in [0.15, 0.2) is 77.3 Å².